The molecule has 2 nitrogen and oxygen atoms in total. The van der Waals surface area contributed by atoms with Crippen molar-refractivity contribution in [3.63, 3.8) is 0 Å². The Labute approximate surface area is 111 Å². The second-order valence-corrected chi connectivity index (χ2v) is 4.95. The first-order chi connectivity index (χ1) is 9.19. The molecule has 0 aromatic heterocycles. The Morgan fingerprint density at radius 1 is 1.00 bits per heavy atom. The largest absolute Gasteiger partial charge is 0.508 e. The number of aliphatic hydroxyl groups is 1. The van der Waals surface area contributed by atoms with Gasteiger partial charge in [0.15, 0.2) is 0 Å². The lowest BCUT2D eigenvalue weighted by Gasteiger charge is -2.12. The van der Waals surface area contributed by atoms with Gasteiger partial charge in [-0.1, -0.05) is 6.07 Å². The molecule has 0 heterocycles. The van der Waals surface area contributed by atoms with Crippen molar-refractivity contribution in [1.29, 1.82) is 0 Å². The number of phenols is 1. The van der Waals surface area contributed by atoms with Crippen molar-refractivity contribution >= 4 is 0 Å². The van der Waals surface area contributed by atoms with Gasteiger partial charge in [0.05, 0.1) is 6.61 Å². The molecule has 2 aromatic rings. The predicted molar refractivity (Wildman–Crippen MR) is 71.4 cm³/mol. The number of fused-ring (bicyclic) bond motifs is 3. The van der Waals surface area contributed by atoms with E-state index in [2.05, 4.69) is 0 Å². The number of aliphatic hydroxyl groups excluding tert-OH is 1. The smallest absolute Gasteiger partial charge is 0.129 e. The Morgan fingerprint density at radius 3 is 2.47 bits per heavy atom. The molecular formula is C16H15FO2. The number of benzene rings is 2. The monoisotopic (exact) mass is 258 g/mol. The number of aromatic hydroxyl groups is 1. The minimum atomic E-state index is -0.344. The van der Waals surface area contributed by atoms with Gasteiger partial charge in [-0.05, 0) is 65.8 Å². The van der Waals surface area contributed by atoms with Crippen molar-refractivity contribution in [3.05, 3.63) is 52.8 Å². The summed E-state index contributed by atoms with van der Waals surface area (Å²) in [7, 11) is 0. The first kappa shape index (κ1) is 12.2. The summed E-state index contributed by atoms with van der Waals surface area (Å²) in [6, 6.07) is 8.55. The normalized spacial score (nSPS) is 13.6. The molecular weight excluding hydrogens is 243 g/mol. The van der Waals surface area contributed by atoms with Crippen LogP contribution in [0.4, 0.5) is 4.39 Å². The van der Waals surface area contributed by atoms with E-state index in [9.17, 15) is 14.6 Å². The lowest BCUT2D eigenvalue weighted by Crippen LogP contribution is -1.96. The number of halogens is 1. The van der Waals surface area contributed by atoms with Gasteiger partial charge in [0.1, 0.15) is 11.6 Å². The Hall–Kier alpha value is -1.87. The highest BCUT2D eigenvalue weighted by molar-refractivity contribution is 5.73. The summed E-state index contributed by atoms with van der Waals surface area (Å²) in [4.78, 5) is 0. The fraction of sp³-hybridized carbons (Fsp3) is 0.250. The summed E-state index contributed by atoms with van der Waals surface area (Å²) in [5, 5.41) is 18.8. The van der Waals surface area contributed by atoms with Crippen molar-refractivity contribution in [2.75, 3.05) is 0 Å². The fourth-order valence-corrected chi connectivity index (χ4v) is 2.76. The standard InChI is InChI=1S/C16H15FO2/c17-16-8-11-3-1-2-10-6-13(19)4-5-14(10)15(11)7-12(16)9-18/h4-8,18-19H,1-3,9H2. The first-order valence-electron chi connectivity index (χ1n) is 6.43. The molecule has 1 aliphatic carbocycles. The van der Waals surface area contributed by atoms with Crippen LogP contribution >= 0.6 is 0 Å². The third-order valence-electron chi connectivity index (χ3n) is 3.71. The van der Waals surface area contributed by atoms with Gasteiger partial charge in [-0.2, -0.15) is 0 Å². The Morgan fingerprint density at radius 2 is 1.74 bits per heavy atom. The summed E-state index contributed by atoms with van der Waals surface area (Å²) >= 11 is 0. The molecule has 1 aliphatic rings. The highest BCUT2D eigenvalue weighted by atomic mass is 19.1. The van der Waals surface area contributed by atoms with Crippen molar-refractivity contribution in [2.24, 2.45) is 0 Å². The third kappa shape index (κ3) is 2.10. The Bertz CT molecular complexity index is 635. The van der Waals surface area contributed by atoms with Crippen LogP contribution in [0.5, 0.6) is 5.75 Å². The lowest BCUT2D eigenvalue weighted by atomic mass is 9.94. The number of hydrogen-bond donors (Lipinski definition) is 2. The average molecular weight is 258 g/mol. The molecule has 0 spiro atoms. The van der Waals surface area contributed by atoms with Gasteiger partial charge in [-0.25, -0.2) is 4.39 Å². The van der Waals surface area contributed by atoms with Gasteiger partial charge in [0.2, 0.25) is 0 Å². The topological polar surface area (TPSA) is 40.5 Å². The van der Waals surface area contributed by atoms with Crippen LogP contribution in [0, 0.1) is 5.82 Å². The molecule has 2 N–H and O–H groups in total. The molecule has 0 aliphatic heterocycles. The molecule has 19 heavy (non-hydrogen) atoms. The second-order valence-electron chi connectivity index (χ2n) is 4.95. The van der Waals surface area contributed by atoms with Gasteiger partial charge in [0.25, 0.3) is 0 Å². The van der Waals surface area contributed by atoms with Crippen LogP contribution in [-0.4, -0.2) is 10.2 Å². The number of rotatable bonds is 1. The minimum absolute atomic E-state index is 0.256. The van der Waals surface area contributed by atoms with E-state index in [-0.39, 0.29) is 18.2 Å². The molecule has 0 bridgehead atoms. The molecule has 0 saturated carbocycles. The highest BCUT2D eigenvalue weighted by Gasteiger charge is 2.17. The molecule has 3 rings (SSSR count). The van der Waals surface area contributed by atoms with Gasteiger partial charge in [-0.3, -0.25) is 0 Å². The van der Waals surface area contributed by atoms with Crippen LogP contribution in [0.3, 0.4) is 0 Å². The highest BCUT2D eigenvalue weighted by Crippen LogP contribution is 2.35. The van der Waals surface area contributed by atoms with E-state index in [4.69, 9.17) is 0 Å². The van der Waals surface area contributed by atoms with Gasteiger partial charge >= 0.3 is 0 Å². The van der Waals surface area contributed by atoms with Crippen molar-refractivity contribution < 1.29 is 14.6 Å². The van der Waals surface area contributed by atoms with Crippen LogP contribution in [0.2, 0.25) is 0 Å². The fourth-order valence-electron chi connectivity index (χ4n) is 2.76. The van der Waals surface area contributed by atoms with E-state index in [0.29, 0.717) is 5.56 Å². The zero-order valence-corrected chi connectivity index (χ0v) is 10.5. The van der Waals surface area contributed by atoms with Crippen molar-refractivity contribution in [3.8, 4) is 16.9 Å². The summed E-state index contributed by atoms with van der Waals surface area (Å²) in [6.45, 7) is -0.299. The van der Waals surface area contributed by atoms with E-state index in [0.717, 1.165) is 41.5 Å². The maximum atomic E-state index is 13.8. The van der Waals surface area contributed by atoms with Gasteiger partial charge < -0.3 is 10.2 Å². The van der Waals surface area contributed by atoms with E-state index in [1.165, 1.54) is 6.07 Å². The van der Waals surface area contributed by atoms with E-state index < -0.39 is 0 Å². The van der Waals surface area contributed by atoms with Crippen LogP contribution in [0.25, 0.3) is 11.1 Å². The second kappa shape index (κ2) is 4.67. The minimum Gasteiger partial charge on any atom is -0.508 e. The van der Waals surface area contributed by atoms with Crippen LogP contribution in [-0.2, 0) is 19.4 Å². The third-order valence-corrected chi connectivity index (χ3v) is 3.71. The summed E-state index contributed by atoms with van der Waals surface area (Å²) in [6.07, 6.45) is 2.61. The molecule has 0 atom stereocenters. The maximum Gasteiger partial charge on any atom is 0.129 e. The molecule has 0 saturated heterocycles. The zero-order chi connectivity index (χ0) is 13.4. The quantitative estimate of drug-likeness (QED) is 0.824. The van der Waals surface area contributed by atoms with E-state index >= 15 is 0 Å². The molecule has 2 aromatic carbocycles. The number of phenolic OH excluding ortho intramolecular Hbond substituents is 1. The molecule has 0 amide bonds. The maximum absolute atomic E-state index is 13.8. The molecule has 0 radical (unpaired) electrons. The van der Waals surface area contributed by atoms with Crippen LogP contribution in [0.1, 0.15) is 23.1 Å². The summed E-state index contributed by atoms with van der Waals surface area (Å²) < 4.78 is 13.8. The molecule has 0 fully saturated rings. The molecule has 3 heteroatoms. The first-order valence-corrected chi connectivity index (χ1v) is 6.43. The van der Waals surface area contributed by atoms with Crippen LogP contribution in [0.15, 0.2) is 30.3 Å². The lowest BCUT2D eigenvalue weighted by molar-refractivity contribution is 0.276. The van der Waals surface area contributed by atoms with E-state index in [1.807, 2.05) is 6.07 Å². The Kier molecular flexibility index (Phi) is 2.99. The number of hydrogen-bond acceptors (Lipinski definition) is 2. The van der Waals surface area contributed by atoms with Crippen LogP contribution < -0.4 is 0 Å². The van der Waals surface area contributed by atoms with Gasteiger partial charge in [0, 0.05) is 5.56 Å². The SMILES string of the molecule is OCc1cc2c(cc1F)CCCc1cc(O)ccc1-2. The zero-order valence-electron chi connectivity index (χ0n) is 10.5. The van der Waals surface area contributed by atoms with Gasteiger partial charge in [-0.15, -0.1) is 0 Å². The summed E-state index contributed by atoms with van der Waals surface area (Å²) in [5.74, 6) is -0.0878. The molecule has 98 valence electrons. The predicted octanol–water partition coefficient (Wildman–Crippen LogP) is 3.18. The van der Waals surface area contributed by atoms with E-state index in [1.54, 1.807) is 18.2 Å². The number of aryl methyl sites for hydroxylation is 2. The average Bonchev–Trinajstić information content (AvgIpc) is 2.56. The summed E-state index contributed by atoms with van der Waals surface area (Å²) in [5.41, 5.74) is 4.37. The molecule has 0 unspecified atom stereocenters. The van der Waals surface area contributed by atoms with Crippen molar-refractivity contribution in [2.45, 2.75) is 25.9 Å². The van der Waals surface area contributed by atoms with Crippen molar-refractivity contribution in [1.82, 2.24) is 0 Å². The Balaban J connectivity index is 2.24.